The lowest BCUT2D eigenvalue weighted by Crippen LogP contribution is -2.34. The van der Waals surface area contributed by atoms with Crippen LogP contribution in [-0.4, -0.2) is 12.6 Å². The predicted molar refractivity (Wildman–Crippen MR) is 68.2 cm³/mol. The third-order valence-electron chi connectivity index (χ3n) is 3.82. The molecule has 90 valence electrons. The highest BCUT2D eigenvalue weighted by atomic mass is 14.9. The predicted octanol–water partition coefficient (Wildman–Crippen LogP) is 4.13. The van der Waals surface area contributed by atoms with E-state index in [1.165, 1.54) is 64.3 Å². The molecule has 1 N–H and O–H groups in total. The molecule has 0 heterocycles. The lowest BCUT2D eigenvalue weighted by Gasteiger charge is -2.29. The van der Waals surface area contributed by atoms with Crippen LogP contribution in [0.4, 0.5) is 0 Å². The molecule has 1 fully saturated rings. The van der Waals surface area contributed by atoms with Gasteiger partial charge in [-0.1, -0.05) is 52.4 Å². The summed E-state index contributed by atoms with van der Waals surface area (Å²) < 4.78 is 0. The summed E-state index contributed by atoms with van der Waals surface area (Å²) in [6.45, 7) is 5.87. The zero-order chi connectivity index (χ0) is 10.9. The summed E-state index contributed by atoms with van der Waals surface area (Å²) in [6.07, 6.45) is 12.7. The normalized spacial score (nSPS) is 26.8. The van der Waals surface area contributed by atoms with Crippen LogP contribution in [0.15, 0.2) is 0 Å². The highest BCUT2D eigenvalue weighted by Crippen LogP contribution is 2.26. The summed E-state index contributed by atoms with van der Waals surface area (Å²) >= 11 is 0. The number of unbranched alkanes of at least 4 members (excludes halogenated alkanes) is 3. The van der Waals surface area contributed by atoms with Crippen molar-refractivity contribution in [1.82, 2.24) is 5.32 Å². The number of nitrogens with one attached hydrogen (secondary N) is 1. The monoisotopic (exact) mass is 211 g/mol. The average molecular weight is 211 g/mol. The second-order valence-corrected chi connectivity index (χ2v) is 5.15. The molecule has 0 saturated heterocycles. The van der Waals surface area contributed by atoms with Gasteiger partial charge in [0.1, 0.15) is 0 Å². The molecule has 1 nitrogen and oxygen atoms in total. The van der Waals surface area contributed by atoms with Crippen LogP contribution in [-0.2, 0) is 0 Å². The van der Waals surface area contributed by atoms with E-state index in [1.807, 2.05) is 0 Å². The number of rotatable bonds is 7. The topological polar surface area (TPSA) is 12.0 Å². The van der Waals surface area contributed by atoms with Crippen molar-refractivity contribution < 1.29 is 0 Å². The zero-order valence-corrected chi connectivity index (χ0v) is 10.7. The van der Waals surface area contributed by atoms with Gasteiger partial charge in [-0.15, -0.1) is 0 Å². The van der Waals surface area contributed by atoms with Crippen molar-refractivity contribution in [3.8, 4) is 0 Å². The van der Waals surface area contributed by atoms with E-state index in [1.54, 1.807) is 0 Å². The average Bonchev–Trinajstić information content (AvgIpc) is 2.29. The Balaban J connectivity index is 2.00. The molecule has 0 spiro atoms. The standard InChI is InChI=1S/C14H29N/c1-3-5-6-7-11-15-14-10-8-9-13(4-2)12-14/h13-15H,3-12H2,1-2H3. The molecule has 2 unspecified atom stereocenters. The molecule has 15 heavy (non-hydrogen) atoms. The molecule has 1 saturated carbocycles. The van der Waals surface area contributed by atoms with Crippen molar-refractivity contribution in [3.05, 3.63) is 0 Å². The van der Waals surface area contributed by atoms with Gasteiger partial charge < -0.3 is 5.32 Å². The largest absolute Gasteiger partial charge is 0.314 e. The van der Waals surface area contributed by atoms with Crippen LogP contribution in [0.5, 0.6) is 0 Å². The van der Waals surface area contributed by atoms with E-state index in [2.05, 4.69) is 19.2 Å². The SMILES string of the molecule is CCCCCCNC1CCCC(CC)C1. The fourth-order valence-electron chi connectivity index (χ4n) is 2.71. The van der Waals surface area contributed by atoms with Gasteiger partial charge in [-0.3, -0.25) is 0 Å². The zero-order valence-electron chi connectivity index (χ0n) is 10.7. The van der Waals surface area contributed by atoms with Crippen LogP contribution >= 0.6 is 0 Å². The summed E-state index contributed by atoms with van der Waals surface area (Å²) in [7, 11) is 0. The Morgan fingerprint density at radius 2 is 1.93 bits per heavy atom. The van der Waals surface area contributed by atoms with Crippen molar-refractivity contribution in [1.29, 1.82) is 0 Å². The Kier molecular flexibility index (Phi) is 7.08. The maximum atomic E-state index is 3.74. The Labute approximate surface area is 96.0 Å². The van der Waals surface area contributed by atoms with E-state index in [0.29, 0.717) is 0 Å². The van der Waals surface area contributed by atoms with Crippen LogP contribution in [0.1, 0.15) is 71.6 Å². The van der Waals surface area contributed by atoms with E-state index < -0.39 is 0 Å². The van der Waals surface area contributed by atoms with E-state index in [9.17, 15) is 0 Å². The number of hydrogen-bond acceptors (Lipinski definition) is 1. The molecule has 0 radical (unpaired) electrons. The highest BCUT2D eigenvalue weighted by Gasteiger charge is 2.19. The quantitative estimate of drug-likeness (QED) is 0.624. The fraction of sp³-hybridized carbons (Fsp3) is 1.00. The van der Waals surface area contributed by atoms with Gasteiger partial charge in [0.2, 0.25) is 0 Å². The molecule has 0 aliphatic heterocycles. The first-order chi connectivity index (χ1) is 7.36. The van der Waals surface area contributed by atoms with Gasteiger partial charge in [0.05, 0.1) is 0 Å². The van der Waals surface area contributed by atoms with E-state index in [0.717, 1.165) is 12.0 Å². The summed E-state index contributed by atoms with van der Waals surface area (Å²) in [5.74, 6) is 1.01. The fourth-order valence-corrected chi connectivity index (χ4v) is 2.71. The minimum absolute atomic E-state index is 0.838. The molecular formula is C14H29N. The van der Waals surface area contributed by atoms with Crippen molar-refractivity contribution in [3.63, 3.8) is 0 Å². The Morgan fingerprint density at radius 1 is 1.07 bits per heavy atom. The number of hydrogen-bond donors (Lipinski definition) is 1. The van der Waals surface area contributed by atoms with Crippen LogP contribution in [0.3, 0.4) is 0 Å². The van der Waals surface area contributed by atoms with Crippen LogP contribution in [0.2, 0.25) is 0 Å². The second kappa shape index (κ2) is 8.15. The molecular weight excluding hydrogens is 182 g/mol. The molecule has 0 aromatic rings. The molecule has 0 aromatic heterocycles. The maximum absolute atomic E-state index is 3.74. The van der Waals surface area contributed by atoms with Gasteiger partial charge in [0.15, 0.2) is 0 Å². The van der Waals surface area contributed by atoms with Gasteiger partial charge in [-0.05, 0) is 31.7 Å². The molecule has 0 aromatic carbocycles. The molecule has 0 bridgehead atoms. The summed E-state index contributed by atoms with van der Waals surface area (Å²) in [4.78, 5) is 0. The van der Waals surface area contributed by atoms with E-state index >= 15 is 0 Å². The summed E-state index contributed by atoms with van der Waals surface area (Å²) in [6, 6.07) is 0.838. The Bertz CT molecular complexity index is 144. The minimum atomic E-state index is 0.838. The van der Waals surface area contributed by atoms with Gasteiger partial charge in [0.25, 0.3) is 0 Å². The molecule has 1 heteroatoms. The van der Waals surface area contributed by atoms with Crippen molar-refractivity contribution in [2.24, 2.45) is 5.92 Å². The van der Waals surface area contributed by atoms with E-state index in [-0.39, 0.29) is 0 Å². The van der Waals surface area contributed by atoms with Gasteiger partial charge in [-0.25, -0.2) is 0 Å². The summed E-state index contributed by atoms with van der Waals surface area (Å²) in [5.41, 5.74) is 0. The molecule has 1 rings (SSSR count). The molecule has 2 atom stereocenters. The smallest absolute Gasteiger partial charge is 0.00697 e. The van der Waals surface area contributed by atoms with Crippen LogP contribution in [0, 0.1) is 5.92 Å². The first-order valence-corrected chi connectivity index (χ1v) is 7.10. The Morgan fingerprint density at radius 3 is 2.67 bits per heavy atom. The van der Waals surface area contributed by atoms with Crippen molar-refractivity contribution >= 4 is 0 Å². The van der Waals surface area contributed by atoms with Gasteiger partial charge >= 0.3 is 0 Å². The third-order valence-corrected chi connectivity index (χ3v) is 3.82. The first kappa shape index (κ1) is 13.0. The van der Waals surface area contributed by atoms with Gasteiger partial charge in [-0.2, -0.15) is 0 Å². The van der Waals surface area contributed by atoms with E-state index in [4.69, 9.17) is 0 Å². The Hall–Kier alpha value is -0.0400. The lowest BCUT2D eigenvalue weighted by molar-refractivity contribution is 0.278. The van der Waals surface area contributed by atoms with Crippen LogP contribution in [0.25, 0.3) is 0 Å². The van der Waals surface area contributed by atoms with Gasteiger partial charge in [0, 0.05) is 6.04 Å². The second-order valence-electron chi connectivity index (χ2n) is 5.15. The third kappa shape index (κ3) is 5.55. The molecule has 1 aliphatic rings. The van der Waals surface area contributed by atoms with Crippen LogP contribution < -0.4 is 5.32 Å². The van der Waals surface area contributed by atoms with Crippen molar-refractivity contribution in [2.75, 3.05) is 6.54 Å². The molecule has 0 amide bonds. The maximum Gasteiger partial charge on any atom is 0.00697 e. The van der Waals surface area contributed by atoms with Crippen molar-refractivity contribution in [2.45, 2.75) is 77.7 Å². The lowest BCUT2D eigenvalue weighted by atomic mass is 9.84. The summed E-state index contributed by atoms with van der Waals surface area (Å²) in [5, 5.41) is 3.74. The first-order valence-electron chi connectivity index (χ1n) is 7.10. The highest BCUT2D eigenvalue weighted by molar-refractivity contribution is 4.77. The minimum Gasteiger partial charge on any atom is -0.314 e. The molecule has 1 aliphatic carbocycles.